The SMILES string of the molecule is CC(C)(C)OC(=O)N1CCCC1[C@H](O)c1ccccc1. The van der Waals surface area contributed by atoms with Crippen LogP contribution in [0.4, 0.5) is 4.79 Å². The molecule has 110 valence electrons. The zero-order valence-electron chi connectivity index (χ0n) is 12.4. The number of aliphatic hydroxyl groups is 1. The Morgan fingerprint density at radius 1 is 1.35 bits per heavy atom. The van der Waals surface area contributed by atoms with Crippen LogP contribution in [0.2, 0.25) is 0 Å². The highest BCUT2D eigenvalue weighted by molar-refractivity contribution is 5.69. The molecule has 1 aromatic carbocycles. The maximum absolute atomic E-state index is 12.2. The molecule has 2 atom stereocenters. The van der Waals surface area contributed by atoms with Gasteiger partial charge in [-0.05, 0) is 39.2 Å². The topological polar surface area (TPSA) is 49.8 Å². The number of ether oxygens (including phenoxy) is 1. The summed E-state index contributed by atoms with van der Waals surface area (Å²) in [5.41, 5.74) is 0.329. The molecule has 1 N–H and O–H groups in total. The van der Waals surface area contributed by atoms with Crippen molar-refractivity contribution in [2.24, 2.45) is 0 Å². The summed E-state index contributed by atoms with van der Waals surface area (Å²) in [4.78, 5) is 13.9. The molecule has 1 aliphatic heterocycles. The molecule has 1 aromatic rings. The molecule has 1 unspecified atom stereocenters. The van der Waals surface area contributed by atoms with Crippen molar-refractivity contribution in [1.82, 2.24) is 4.90 Å². The van der Waals surface area contributed by atoms with Crippen LogP contribution in [-0.4, -0.2) is 34.3 Å². The average Bonchev–Trinajstić information content (AvgIpc) is 2.86. The zero-order valence-corrected chi connectivity index (χ0v) is 12.4. The lowest BCUT2D eigenvalue weighted by Crippen LogP contribution is -2.42. The van der Waals surface area contributed by atoms with Gasteiger partial charge in [-0.25, -0.2) is 4.79 Å². The fourth-order valence-corrected chi connectivity index (χ4v) is 2.54. The van der Waals surface area contributed by atoms with E-state index in [0.29, 0.717) is 6.54 Å². The molecule has 2 rings (SSSR count). The summed E-state index contributed by atoms with van der Waals surface area (Å²) in [5.74, 6) is 0. The first-order valence-electron chi connectivity index (χ1n) is 7.11. The van der Waals surface area contributed by atoms with Crippen LogP contribution in [0.3, 0.4) is 0 Å². The van der Waals surface area contributed by atoms with Crippen molar-refractivity contribution >= 4 is 6.09 Å². The molecule has 1 amide bonds. The van der Waals surface area contributed by atoms with Crippen molar-refractivity contribution in [3.05, 3.63) is 35.9 Å². The number of nitrogens with zero attached hydrogens (tertiary/aromatic N) is 1. The number of hydrogen-bond donors (Lipinski definition) is 1. The number of rotatable bonds is 2. The van der Waals surface area contributed by atoms with Gasteiger partial charge in [-0.3, -0.25) is 0 Å². The molecule has 20 heavy (non-hydrogen) atoms. The molecule has 0 bridgehead atoms. The van der Waals surface area contributed by atoms with Gasteiger partial charge in [0.1, 0.15) is 5.60 Å². The van der Waals surface area contributed by atoms with Crippen molar-refractivity contribution < 1.29 is 14.6 Å². The van der Waals surface area contributed by atoms with Gasteiger partial charge in [0.05, 0.1) is 12.1 Å². The van der Waals surface area contributed by atoms with E-state index in [2.05, 4.69) is 0 Å². The van der Waals surface area contributed by atoms with Crippen molar-refractivity contribution in [2.75, 3.05) is 6.54 Å². The molecule has 4 heteroatoms. The largest absolute Gasteiger partial charge is 0.444 e. The molecular formula is C16H23NO3. The molecule has 1 saturated heterocycles. The minimum Gasteiger partial charge on any atom is -0.444 e. The lowest BCUT2D eigenvalue weighted by molar-refractivity contribution is 0.00490. The second-order valence-electron chi connectivity index (χ2n) is 6.24. The van der Waals surface area contributed by atoms with E-state index >= 15 is 0 Å². The summed E-state index contributed by atoms with van der Waals surface area (Å²) in [6.45, 7) is 6.19. The van der Waals surface area contributed by atoms with Gasteiger partial charge in [0.2, 0.25) is 0 Å². The van der Waals surface area contributed by atoms with E-state index in [9.17, 15) is 9.90 Å². The first kappa shape index (κ1) is 14.9. The molecule has 0 saturated carbocycles. The second kappa shape index (κ2) is 5.83. The fraction of sp³-hybridized carbons (Fsp3) is 0.562. The molecule has 0 spiro atoms. The van der Waals surface area contributed by atoms with E-state index in [1.54, 1.807) is 4.90 Å². The van der Waals surface area contributed by atoms with Crippen LogP contribution in [0.25, 0.3) is 0 Å². The summed E-state index contributed by atoms with van der Waals surface area (Å²) in [6.07, 6.45) is 0.699. The van der Waals surface area contributed by atoms with Gasteiger partial charge in [-0.2, -0.15) is 0 Å². The quantitative estimate of drug-likeness (QED) is 0.903. The maximum atomic E-state index is 12.2. The Kier molecular flexibility index (Phi) is 4.33. The van der Waals surface area contributed by atoms with Crippen LogP contribution >= 0.6 is 0 Å². The Hall–Kier alpha value is -1.55. The fourth-order valence-electron chi connectivity index (χ4n) is 2.54. The Morgan fingerprint density at radius 3 is 2.60 bits per heavy atom. The standard InChI is InChI=1S/C16H23NO3/c1-16(2,3)20-15(19)17-11-7-10-13(17)14(18)12-8-5-4-6-9-12/h4-6,8-9,13-14,18H,7,10-11H2,1-3H3/t13?,14-/m1/s1. The van der Waals surface area contributed by atoms with Crippen molar-refractivity contribution in [2.45, 2.75) is 51.4 Å². The van der Waals surface area contributed by atoms with Gasteiger partial charge in [0.15, 0.2) is 0 Å². The molecule has 1 heterocycles. The van der Waals surface area contributed by atoms with E-state index in [1.807, 2.05) is 51.1 Å². The highest BCUT2D eigenvalue weighted by Gasteiger charge is 2.36. The first-order valence-corrected chi connectivity index (χ1v) is 7.11. The average molecular weight is 277 g/mol. The van der Waals surface area contributed by atoms with Gasteiger partial charge < -0.3 is 14.7 Å². The van der Waals surface area contributed by atoms with Crippen molar-refractivity contribution in [3.63, 3.8) is 0 Å². The van der Waals surface area contributed by atoms with Crippen LogP contribution in [0, 0.1) is 0 Å². The summed E-state index contributed by atoms with van der Waals surface area (Å²) in [5, 5.41) is 10.5. The molecule has 0 aromatic heterocycles. The Balaban J connectivity index is 2.09. The summed E-state index contributed by atoms with van der Waals surface area (Å²) < 4.78 is 5.41. The van der Waals surface area contributed by atoms with Crippen LogP contribution in [-0.2, 0) is 4.74 Å². The van der Waals surface area contributed by atoms with Crippen LogP contribution < -0.4 is 0 Å². The van der Waals surface area contributed by atoms with Gasteiger partial charge in [-0.15, -0.1) is 0 Å². The van der Waals surface area contributed by atoms with E-state index < -0.39 is 11.7 Å². The summed E-state index contributed by atoms with van der Waals surface area (Å²) in [7, 11) is 0. The number of hydrogen-bond acceptors (Lipinski definition) is 3. The van der Waals surface area contributed by atoms with Crippen molar-refractivity contribution in [3.8, 4) is 0 Å². The molecule has 0 radical (unpaired) electrons. The first-order chi connectivity index (χ1) is 9.38. The molecule has 1 aliphatic rings. The third-order valence-electron chi connectivity index (χ3n) is 3.43. The normalized spacial score (nSPS) is 20.8. The van der Waals surface area contributed by atoms with E-state index in [-0.39, 0.29) is 12.1 Å². The van der Waals surface area contributed by atoms with Crippen LogP contribution in [0.1, 0.15) is 45.3 Å². The maximum Gasteiger partial charge on any atom is 0.410 e. The zero-order chi connectivity index (χ0) is 14.8. The number of likely N-dealkylation sites (tertiary alicyclic amines) is 1. The molecule has 0 aliphatic carbocycles. The number of amides is 1. The predicted molar refractivity (Wildman–Crippen MR) is 77.4 cm³/mol. The van der Waals surface area contributed by atoms with Gasteiger partial charge >= 0.3 is 6.09 Å². The third-order valence-corrected chi connectivity index (χ3v) is 3.43. The lowest BCUT2D eigenvalue weighted by Gasteiger charge is -2.31. The smallest absolute Gasteiger partial charge is 0.410 e. The monoisotopic (exact) mass is 277 g/mol. The van der Waals surface area contributed by atoms with Gasteiger partial charge in [0.25, 0.3) is 0 Å². The summed E-state index contributed by atoms with van der Waals surface area (Å²) in [6, 6.07) is 9.27. The minimum absolute atomic E-state index is 0.202. The third kappa shape index (κ3) is 3.51. The van der Waals surface area contributed by atoms with Gasteiger partial charge in [0, 0.05) is 6.54 Å². The number of aliphatic hydroxyl groups excluding tert-OH is 1. The van der Waals surface area contributed by atoms with E-state index in [4.69, 9.17) is 4.74 Å². The van der Waals surface area contributed by atoms with Crippen molar-refractivity contribution in [1.29, 1.82) is 0 Å². The highest BCUT2D eigenvalue weighted by Crippen LogP contribution is 2.30. The predicted octanol–water partition coefficient (Wildman–Crippen LogP) is 3.12. The molecule has 4 nitrogen and oxygen atoms in total. The Morgan fingerprint density at radius 2 is 2.00 bits per heavy atom. The van der Waals surface area contributed by atoms with E-state index in [0.717, 1.165) is 18.4 Å². The summed E-state index contributed by atoms with van der Waals surface area (Å²) >= 11 is 0. The number of carbonyl (C=O) groups is 1. The molecule has 1 fully saturated rings. The van der Waals surface area contributed by atoms with Crippen LogP contribution in [0.5, 0.6) is 0 Å². The number of benzene rings is 1. The molecular weight excluding hydrogens is 254 g/mol. The van der Waals surface area contributed by atoms with Crippen LogP contribution in [0.15, 0.2) is 30.3 Å². The minimum atomic E-state index is -0.661. The lowest BCUT2D eigenvalue weighted by atomic mass is 10.0. The Bertz CT molecular complexity index is 453. The number of carbonyl (C=O) groups excluding carboxylic acids is 1. The highest BCUT2D eigenvalue weighted by atomic mass is 16.6. The Labute approximate surface area is 120 Å². The van der Waals surface area contributed by atoms with Gasteiger partial charge in [-0.1, -0.05) is 30.3 Å². The van der Waals surface area contributed by atoms with E-state index in [1.165, 1.54) is 0 Å². The second-order valence-corrected chi connectivity index (χ2v) is 6.24.